The molecule has 1 heterocycles. The molecule has 4 heteroatoms. The molecule has 0 bridgehead atoms. The van der Waals surface area contributed by atoms with Crippen molar-refractivity contribution in [2.75, 3.05) is 13.2 Å². The van der Waals surface area contributed by atoms with Crippen molar-refractivity contribution in [3.63, 3.8) is 0 Å². The van der Waals surface area contributed by atoms with Crippen molar-refractivity contribution in [1.29, 1.82) is 0 Å². The third kappa shape index (κ3) is 3.85. The molecule has 21 heavy (non-hydrogen) atoms. The van der Waals surface area contributed by atoms with Crippen molar-refractivity contribution in [3.8, 4) is 5.75 Å². The molecule has 0 aliphatic heterocycles. The van der Waals surface area contributed by atoms with E-state index in [4.69, 9.17) is 9.15 Å². The molecule has 0 spiro atoms. The third-order valence-electron chi connectivity index (χ3n) is 3.29. The van der Waals surface area contributed by atoms with Gasteiger partial charge in [0.2, 0.25) is 0 Å². The summed E-state index contributed by atoms with van der Waals surface area (Å²) in [4.78, 5) is 11.7. The highest BCUT2D eigenvalue weighted by molar-refractivity contribution is 5.98. The Morgan fingerprint density at radius 2 is 2.10 bits per heavy atom. The molecule has 4 nitrogen and oxygen atoms in total. The number of carbonyl (C=O) groups is 1. The minimum Gasteiger partial charge on any atom is -0.492 e. The highest BCUT2D eigenvalue weighted by atomic mass is 16.5. The van der Waals surface area contributed by atoms with E-state index < -0.39 is 0 Å². The van der Waals surface area contributed by atoms with Crippen LogP contribution in [0.15, 0.2) is 22.6 Å². The van der Waals surface area contributed by atoms with Crippen molar-refractivity contribution in [2.24, 2.45) is 0 Å². The lowest BCUT2D eigenvalue weighted by Gasteiger charge is -2.10. The molecular formula is C17H23NO3. The predicted molar refractivity (Wildman–Crippen MR) is 84.2 cm³/mol. The van der Waals surface area contributed by atoms with Crippen molar-refractivity contribution < 1.29 is 13.9 Å². The van der Waals surface area contributed by atoms with E-state index in [9.17, 15) is 4.79 Å². The van der Waals surface area contributed by atoms with E-state index in [0.29, 0.717) is 24.8 Å². The average molecular weight is 289 g/mol. The molecule has 1 aromatic carbocycles. The minimum atomic E-state index is 0.0224. The minimum absolute atomic E-state index is 0.0224. The number of ether oxygens (including phenoxy) is 1. The van der Waals surface area contributed by atoms with Gasteiger partial charge in [-0.2, -0.15) is 0 Å². The monoisotopic (exact) mass is 289 g/mol. The summed E-state index contributed by atoms with van der Waals surface area (Å²) in [6.07, 6.45) is 0.448. The topological polar surface area (TPSA) is 51.5 Å². The van der Waals surface area contributed by atoms with Crippen LogP contribution in [0.5, 0.6) is 5.75 Å². The van der Waals surface area contributed by atoms with Crippen LogP contribution in [-0.2, 0) is 0 Å². The summed E-state index contributed by atoms with van der Waals surface area (Å²) in [5.74, 6) is 1.25. The SMILES string of the molecule is CCC(=O)c1cc2cc(OCCNC(C)C)cc(C)c2o1. The molecule has 0 fully saturated rings. The second-order valence-corrected chi connectivity index (χ2v) is 5.50. The van der Waals surface area contributed by atoms with Gasteiger partial charge in [0.15, 0.2) is 11.5 Å². The average Bonchev–Trinajstić information content (AvgIpc) is 2.87. The number of hydrogen-bond acceptors (Lipinski definition) is 4. The number of rotatable bonds is 7. The molecule has 0 amide bonds. The summed E-state index contributed by atoms with van der Waals surface area (Å²) >= 11 is 0. The Balaban J connectivity index is 2.14. The van der Waals surface area contributed by atoms with Gasteiger partial charge < -0.3 is 14.5 Å². The second-order valence-electron chi connectivity index (χ2n) is 5.50. The van der Waals surface area contributed by atoms with Crippen LogP contribution in [0.4, 0.5) is 0 Å². The van der Waals surface area contributed by atoms with Crippen molar-refractivity contribution in [3.05, 3.63) is 29.5 Å². The molecule has 114 valence electrons. The van der Waals surface area contributed by atoms with Gasteiger partial charge in [-0.1, -0.05) is 20.8 Å². The largest absolute Gasteiger partial charge is 0.492 e. The summed E-state index contributed by atoms with van der Waals surface area (Å²) < 4.78 is 11.4. The van der Waals surface area contributed by atoms with Crippen LogP contribution in [0.25, 0.3) is 11.0 Å². The first-order valence-corrected chi connectivity index (χ1v) is 7.44. The molecule has 1 aromatic heterocycles. The number of hydrogen-bond donors (Lipinski definition) is 1. The van der Waals surface area contributed by atoms with Gasteiger partial charge in [0.05, 0.1) is 0 Å². The fraction of sp³-hybridized carbons (Fsp3) is 0.471. The fourth-order valence-corrected chi connectivity index (χ4v) is 2.21. The molecule has 0 radical (unpaired) electrons. The summed E-state index contributed by atoms with van der Waals surface area (Å²) in [5.41, 5.74) is 1.74. The number of fused-ring (bicyclic) bond motifs is 1. The van der Waals surface area contributed by atoms with Gasteiger partial charge in [-0.15, -0.1) is 0 Å². The maximum absolute atomic E-state index is 11.7. The van der Waals surface area contributed by atoms with Gasteiger partial charge in [0.25, 0.3) is 0 Å². The van der Waals surface area contributed by atoms with Crippen LogP contribution < -0.4 is 10.1 Å². The standard InChI is InChI=1S/C17H23NO3/c1-5-15(19)16-10-13-9-14(8-12(4)17(13)21-16)20-7-6-18-11(2)3/h8-11,18H,5-7H2,1-4H3. The number of furan rings is 1. The van der Waals surface area contributed by atoms with E-state index in [-0.39, 0.29) is 5.78 Å². The van der Waals surface area contributed by atoms with Crippen LogP contribution in [-0.4, -0.2) is 25.0 Å². The molecule has 0 saturated carbocycles. The van der Waals surface area contributed by atoms with E-state index in [1.165, 1.54) is 0 Å². The van der Waals surface area contributed by atoms with Crippen LogP contribution in [0.2, 0.25) is 0 Å². The number of Topliss-reactive ketones (excluding diaryl/α,β-unsaturated/α-hetero) is 1. The van der Waals surface area contributed by atoms with Gasteiger partial charge in [0.1, 0.15) is 17.9 Å². The molecular weight excluding hydrogens is 266 g/mol. The van der Waals surface area contributed by atoms with Crippen molar-refractivity contribution in [2.45, 2.75) is 40.2 Å². The van der Waals surface area contributed by atoms with Gasteiger partial charge in [-0.05, 0) is 30.7 Å². The predicted octanol–water partition coefficient (Wildman–Crippen LogP) is 3.71. The summed E-state index contributed by atoms with van der Waals surface area (Å²) in [7, 11) is 0. The van der Waals surface area contributed by atoms with Gasteiger partial charge in [0, 0.05) is 24.4 Å². The lowest BCUT2D eigenvalue weighted by atomic mass is 10.1. The Hall–Kier alpha value is -1.81. The summed E-state index contributed by atoms with van der Waals surface area (Å²) in [6, 6.07) is 6.12. The maximum atomic E-state index is 11.7. The first kappa shape index (κ1) is 15.6. The maximum Gasteiger partial charge on any atom is 0.197 e. The molecule has 2 aromatic rings. The summed E-state index contributed by atoms with van der Waals surface area (Å²) in [6.45, 7) is 9.42. The van der Waals surface area contributed by atoms with Crippen molar-refractivity contribution >= 4 is 16.8 Å². The van der Waals surface area contributed by atoms with E-state index in [1.54, 1.807) is 6.07 Å². The Kier molecular flexibility index (Phi) is 5.02. The molecule has 2 rings (SSSR count). The number of nitrogens with one attached hydrogen (secondary N) is 1. The van der Waals surface area contributed by atoms with Gasteiger partial charge in [-0.25, -0.2) is 0 Å². The molecule has 1 N–H and O–H groups in total. The molecule has 0 unspecified atom stereocenters. The number of aryl methyl sites for hydroxylation is 1. The highest BCUT2D eigenvalue weighted by Gasteiger charge is 2.13. The van der Waals surface area contributed by atoms with Crippen LogP contribution >= 0.6 is 0 Å². The van der Waals surface area contributed by atoms with E-state index in [0.717, 1.165) is 28.8 Å². The first-order valence-electron chi connectivity index (χ1n) is 7.44. The lowest BCUT2D eigenvalue weighted by molar-refractivity contribution is 0.0963. The van der Waals surface area contributed by atoms with Gasteiger partial charge >= 0.3 is 0 Å². The van der Waals surface area contributed by atoms with E-state index >= 15 is 0 Å². The Morgan fingerprint density at radius 1 is 1.33 bits per heavy atom. The Bertz CT molecular complexity index is 628. The normalized spacial score (nSPS) is 11.3. The van der Waals surface area contributed by atoms with E-state index in [1.807, 2.05) is 26.0 Å². The second kappa shape index (κ2) is 6.76. The van der Waals surface area contributed by atoms with Crippen LogP contribution in [0.3, 0.4) is 0 Å². The zero-order valence-corrected chi connectivity index (χ0v) is 13.2. The van der Waals surface area contributed by atoms with Gasteiger partial charge in [-0.3, -0.25) is 4.79 Å². The number of benzene rings is 1. The number of carbonyl (C=O) groups excluding carboxylic acids is 1. The fourth-order valence-electron chi connectivity index (χ4n) is 2.21. The third-order valence-corrected chi connectivity index (χ3v) is 3.29. The molecule has 0 aliphatic rings. The Morgan fingerprint density at radius 3 is 2.76 bits per heavy atom. The van der Waals surface area contributed by atoms with E-state index in [2.05, 4.69) is 19.2 Å². The molecule has 0 atom stereocenters. The lowest BCUT2D eigenvalue weighted by Crippen LogP contribution is -2.27. The summed E-state index contributed by atoms with van der Waals surface area (Å²) in [5, 5.41) is 4.22. The smallest absolute Gasteiger partial charge is 0.197 e. The zero-order valence-electron chi connectivity index (χ0n) is 13.2. The van der Waals surface area contributed by atoms with Crippen LogP contribution in [0.1, 0.15) is 43.3 Å². The number of ketones is 1. The van der Waals surface area contributed by atoms with Crippen LogP contribution in [0, 0.1) is 6.92 Å². The Labute approximate surface area is 125 Å². The molecule has 0 aliphatic carbocycles. The molecule has 0 saturated heterocycles. The highest BCUT2D eigenvalue weighted by Crippen LogP contribution is 2.28. The van der Waals surface area contributed by atoms with Crippen molar-refractivity contribution in [1.82, 2.24) is 5.32 Å². The quantitative estimate of drug-likeness (QED) is 0.623. The first-order chi connectivity index (χ1) is 10.0. The zero-order chi connectivity index (χ0) is 15.4.